The Morgan fingerprint density at radius 3 is 2.53 bits per heavy atom. The van der Waals surface area contributed by atoms with E-state index in [1.165, 1.54) is 13.0 Å². The zero-order chi connectivity index (χ0) is 23.5. The molecular formula is C22H25Cl2N3O4S. The normalized spacial score (nSPS) is 11.2. The molecule has 7 nitrogen and oxygen atoms in total. The SMILES string of the molecule is CCCCCOc1ccccc1C(=O)NC(=S)NNC(=O)C(C)Oc1ccc(Cl)cc1Cl. The number of carbonyl (C=O) groups is 2. The number of amides is 2. The van der Waals surface area contributed by atoms with E-state index >= 15 is 0 Å². The lowest BCUT2D eigenvalue weighted by Gasteiger charge is -2.17. The molecule has 1 atom stereocenters. The number of hydrazine groups is 1. The minimum atomic E-state index is -0.892. The number of nitrogens with one attached hydrogen (secondary N) is 3. The van der Waals surface area contributed by atoms with Gasteiger partial charge in [-0.3, -0.25) is 25.8 Å². The van der Waals surface area contributed by atoms with Crippen LogP contribution in [0.1, 0.15) is 43.5 Å². The second kappa shape index (κ2) is 13.1. The highest BCUT2D eigenvalue weighted by atomic mass is 35.5. The molecular weight excluding hydrogens is 473 g/mol. The molecule has 32 heavy (non-hydrogen) atoms. The van der Waals surface area contributed by atoms with E-state index in [-0.39, 0.29) is 10.1 Å². The Balaban J connectivity index is 1.84. The van der Waals surface area contributed by atoms with E-state index in [9.17, 15) is 9.59 Å². The third-order valence-electron chi connectivity index (χ3n) is 4.23. The zero-order valence-electron chi connectivity index (χ0n) is 17.7. The number of hydrogen-bond donors (Lipinski definition) is 3. The average molecular weight is 498 g/mol. The third kappa shape index (κ3) is 8.18. The number of rotatable bonds is 9. The Labute approximate surface area is 202 Å². The van der Waals surface area contributed by atoms with Crippen LogP contribution in [0.25, 0.3) is 0 Å². The molecule has 0 heterocycles. The lowest BCUT2D eigenvalue weighted by molar-refractivity contribution is -0.127. The molecule has 0 bridgehead atoms. The second-order valence-corrected chi connectivity index (χ2v) is 8.04. The Morgan fingerprint density at radius 2 is 1.81 bits per heavy atom. The highest BCUT2D eigenvalue weighted by Gasteiger charge is 2.18. The summed E-state index contributed by atoms with van der Waals surface area (Å²) in [6.45, 7) is 4.16. The van der Waals surface area contributed by atoms with Gasteiger partial charge in [-0.25, -0.2) is 0 Å². The standard InChI is InChI=1S/C22H25Cl2N3O4S/c1-3-4-7-12-30-18-9-6-5-8-16(18)21(29)25-22(32)27-26-20(28)14(2)31-19-11-10-15(23)13-17(19)24/h5-6,8-11,13-14H,3-4,7,12H2,1-2H3,(H,26,28)(H2,25,27,29,32). The van der Waals surface area contributed by atoms with E-state index in [2.05, 4.69) is 23.1 Å². The predicted octanol–water partition coefficient (Wildman–Crippen LogP) is 4.67. The second-order valence-electron chi connectivity index (χ2n) is 6.78. The van der Waals surface area contributed by atoms with Gasteiger partial charge in [0.25, 0.3) is 11.8 Å². The van der Waals surface area contributed by atoms with Gasteiger partial charge >= 0.3 is 0 Å². The molecule has 10 heteroatoms. The summed E-state index contributed by atoms with van der Waals surface area (Å²) >= 11 is 17.0. The van der Waals surface area contributed by atoms with Gasteiger partial charge in [-0.1, -0.05) is 55.1 Å². The fourth-order valence-corrected chi connectivity index (χ4v) is 3.15. The van der Waals surface area contributed by atoms with Crippen LogP contribution in [0.5, 0.6) is 11.5 Å². The van der Waals surface area contributed by atoms with Crippen LogP contribution < -0.4 is 25.6 Å². The Kier molecular flexibility index (Phi) is 10.5. The maximum Gasteiger partial charge on any atom is 0.279 e. The maximum atomic E-state index is 12.6. The summed E-state index contributed by atoms with van der Waals surface area (Å²) in [5, 5.41) is 3.16. The van der Waals surface area contributed by atoms with Crippen LogP contribution in [0.4, 0.5) is 0 Å². The zero-order valence-corrected chi connectivity index (χ0v) is 20.1. The van der Waals surface area contributed by atoms with Crippen molar-refractivity contribution in [2.45, 2.75) is 39.2 Å². The summed E-state index contributed by atoms with van der Waals surface area (Å²) in [5.41, 5.74) is 5.20. The Morgan fingerprint density at radius 1 is 1.06 bits per heavy atom. The monoisotopic (exact) mass is 497 g/mol. The van der Waals surface area contributed by atoms with Crippen molar-refractivity contribution >= 4 is 52.3 Å². The van der Waals surface area contributed by atoms with Crippen LogP contribution in [0.3, 0.4) is 0 Å². The van der Waals surface area contributed by atoms with Gasteiger partial charge in [0.2, 0.25) is 0 Å². The van der Waals surface area contributed by atoms with E-state index in [1.807, 2.05) is 0 Å². The Hall–Kier alpha value is -2.55. The van der Waals surface area contributed by atoms with Crippen molar-refractivity contribution in [2.24, 2.45) is 0 Å². The predicted molar refractivity (Wildman–Crippen MR) is 129 cm³/mol. The van der Waals surface area contributed by atoms with Gasteiger partial charge in [0.05, 0.1) is 17.2 Å². The van der Waals surface area contributed by atoms with Crippen LogP contribution in [0.2, 0.25) is 10.0 Å². The van der Waals surface area contributed by atoms with Crippen LogP contribution >= 0.6 is 35.4 Å². The molecule has 0 radical (unpaired) electrons. The lowest BCUT2D eigenvalue weighted by Crippen LogP contribution is -2.51. The van der Waals surface area contributed by atoms with Gasteiger partial charge in [-0.15, -0.1) is 0 Å². The first-order chi connectivity index (χ1) is 15.3. The number of ether oxygens (including phenoxy) is 2. The van der Waals surface area contributed by atoms with Crippen molar-refractivity contribution in [1.82, 2.24) is 16.2 Å². The van der Waals surface area contributed by atoms with Gasteiger partial charge in [0.15, 0.2) is 11.2 Å². The lowest BCUT2D eigenvalue weighted by atomic mass is 10.2. The van der Waals surface area contributed by atoms with Crippen molar-refractivity contribution < 1.29 is 19.1 Å². The molecule has 0 saturated heterocycles. The molecule has 0 aromatic heterocycles. The van der Waals surface area contributed by atoms with Crippen LogP contribution in [0, 0.1) is 0 Å². The van der Waals surface area contributed by atoms with E-state index in [0.29, 0.717) is 28.7 Å². The van der Waals surface area contributed by atoms with Crippen molar-refractivity contribution in [3.8, 4) is 11.5 Å². The van der Waals surface area contributed by atoms with Crippen molar-refractivity contribution in [2.75, 3.05) is 6.61 Å². The van der Waals surface area contributed by atoms with Gasteiger partial charge in [-0.05, 0) is 55.9 Å². The molecule has 0 aliphatic carbocycles. The minimum Gasteiger partial charge on any atom is -0.493 e. The number of halogens is 2. The largest absolute Gasteiger partial charge is 0.493 e. The van der Waals surface area contributed by atoms with E-state index < -0.39 is 17.9 Å². The maximum absolute atomic E-state index is 12.6. The molecule has 2 aromatic rings. The number of thiocarbonyl (C=S) groups is 1. The van der Waals surface area contributed by atoms with E-state index in [1.54, 1.807) is 36.4 Å². The third-order valence-corrected chi connectivity index (χ3v) is 4.96. The summed E-state index contributed by atoms with van der Waals surface area (Å²) in [4.78, 5) is 24.8. The highest BCUT2D eigenvalue weighted by molar-refractivity contribution is 7.80. The molecule has 0 aliphatic heterocycles. The molecule has 2 aromatic carbocycles. The fraction of sp³-hybridized carbons (Fsp3) is 0.318. The van der Waals surface area contributed by atoms with Gasteiger partial charge in [0, 0.05) is 5.02 Å². The number of para-hydroxylation sites is 1. The summed E-state index contributed by atoms with van der Waals surface area (Å²) in [6.07, 6.45) is 2.14. The molecule has 2 rings (SSSR count). The van der Waals surface area contributed by atoms with E-state index in [0.717, 1.165) is 19.3 Å². The molecule has 2 amide bonds. The smallest absolute Gasteiger partial charge is 0.279 e. The first-order valence-corrected chi connectivity index (χ1v) is 11.2. The average Bonchev–Trinajstić information content (AvgIpc) is 2.77. The Bertz CT molecular complexity index is 959. The minimum absolute atomic E-state index is 0.0825. The quantitative estimate of drug-likeness (QED) is 0.265. The van der Waals surface area contributed by atoms with Gasteiger partial charge in [-0.2, -0.15) is 0 Å². The number of hydrogen-bond acceptors (Lipinski definition) is 5. The van der Waals surface area contributed by atoms with Crippen LogP contribution in [-0.4, -0.2) is 29.6 Å². The highest BCUT2D eigenvalue weighted by Crippen LogP contribution is 2.28. The first-order valence-electron chi connectivity index (χ1n) is 10.1. The van der Waals surface area contributed by atoms with E-state index in [4.69, 9.17) is 44.9 Å². The molecule has 172 valence electrons. The molecule has 3 N–H and O–H groups in total. The van der Waals surface area contributed by atoms with Crippen molar-refractivity contribution in [1.29, 1.82) is 0 Å². The van der Waals surface area contributed by atoms with Crippen molar-refractivity contribution in [3.63, 3.8) is 0 Å². The summed E-state index contributed by atoms with van der Waals surface area (Å²) in [6, 6.07) is 11.6. The number of unbranched alkanes of at least 4 members (excludes halogenated alkanes) is 2. The number of carbonyl (C=O) groups excluding carboxylic acids is 2. The fourth-order valence-electron chi connectivity index (χ4n) is 2.55. The summed E-state index contributed by atoms with van der Waals surface area (Å²) < 4.78 is 11.2. The molecule has 0 saturated carbocycles. The van der Waals surface area contributed by atoms with Crippen LogP contribution in [-0.2, 0) is 4.79 Å². The van der Waals surface area contributed by atoms with Gasteiger partial charge < -0.3 is 9.47 Å². The number of benzene rings is 2. The topological polar surface area (TPSA) is 88.7 Å². The first kappa shape index (κ1) is 25.7. The molecule has 0 spiro atoms. The van der Waals surface area contributed by atoms with Crippen molar-refractivity contribution in [3.05, 3.63) is 58.1 Å². The molecule has 1 unspecified atom stereocenters. The summed E-state index contributed by atoms with van der Waals surface area (Å²) in [7, 11) is 0. The molecule has 0 aliphatic rings. The van der Waals surface area contributed by atoms with Gasteiger partial charge in [0.1, 0.15) is 11.5 Å². The molecule has 0 fully saturated rings. The van der Waals surface area contributed by atoms with Crippen LogP contribution in [0.15, 0.2) is 42.5 Å². The summed E-state index contributed by atoms with van der Waals surface area (Å²) in [5.74, 6) is -0.202.